The van der Waals surface area contributed by atoms with Gasteiger partial charge in [-0.3, -0.25) is 9.59 Å². The largest absolute Gasteiger partial charge is 0.496 e. The molecule has 1 atom stereocenters. The standard InChI is InChI=1S/C40H39N3O3/c1-46-37-19-11-10-17-35(37)34-16-8-9-18-36(34)39(44)42-32-20-22-33(23-21-32)43-26-24-31(25-27-43)38(30-14-6-3-7-15-30)40(45)41-28-29-12-4-2-5-13-29/h2-23,31,38H,24-28H2,1H3,(H,41,45)(H,42,44). The van der Waals surface area contributed by atoms with E-state index in [9.17, 15) is 9.59 Å². The van der Waals surface area contributed by atoms with Crippen LogP contribution >= 0.6 is 0 Å². The van der Waals surface area contributed by atoms with Crippen molar-refractivity contribution in [3.63, 3.8) is 0 Å². The van der Waals surface area contributed by atoms with Crippen molar-refractivity contribution in [1.29, 1.82) is 0 Å². The van der Waals surface area contributed by atoms with Gasteiger partial charge in [-0.05, 0) is 71.8 Å². The maximum Gasteiger partial charge on any atom is 0.256 e. The molecule has 0 saturated carbocycles. The Hall–Kier alpha value is -5.36. The first kappa shape index (κ1) is 30.7. The number of nitrogens with zero attached hydrogens (tertiary/aromatic N) is 1. The average Bonchev–Trinajstić information content (AvgIpc) is 3.12. The van der Waals surface area contributed by atoms with Crippen LogP contribution in [0.4, 0.5) is 11.4 Å². The van der Waals surface area contributed by atoms with Crippen LogP contribution in [0.5, 0.6) is 5.75 Å². The quantitative estimate of drug-likeness (QED) is 0.169. The fourth-order valence-electron chi connectivity index (χ4n) is 6.42. The number of carbonyl (C=O) groups excluding carboxylic acids is 2. The van der Waals surface area contributed by atoms with Gasteiger partial charge in [0.15, 0.2) is 0 Å². The van der Waals surface area contributed by atoms with Crippen molar-refractivity contribution in [3.8, 4) is 16.9 Å². The van der Waals surface area contributed by atoms with E-state index in [-0.39, 0.29) is 23.7 Å². The van der Waals surface area contributed by atoms with Crippen LogP contribution in [0.2, 0.25) is 0 Å². The highest BCUT2D eigenvalue weighted by molar-refractivity contribution is 6.09. The molecule has 1 fully saturated rings. The lowest BCUT2D eigenvalue weighted by Gasteiger charge is -2.37. The summed E-state index contributed by atoms with van der Waals surface area (Å²) in [6.45, 7) is 2.24. The van der Waals surface area contributed by atoms with E-state index in [1.165, 1.54) is 0 Å². The number of anilines is 2. The summed E-state index contributed by atoms with van der Waals surface area (Å²) in [5, 5.41) is 6.27. The van der Waals surface area contributed by atoms with Crippen LogP contribution in [0.15, 0.2) is 133 Å². The Bertz CT molecular complexity index is 1750. The zero-order valence-electron chi connectivity index (χ0n) is 26.1. The predicted octanol–water partition coefficient (Wildman–Crippen LogP) is 7.93. The van der Waals surface area contributed by atoms with E-state index in [2.05, 4.69) is 39.8 Å². The van der Waals surface area contributed by atoms with E-state index in [1.807, 2.05) is 109 Å². The van der Waals surface area contributed by atoms with Gasteiger partial charge in [0.05, 0.1) is 13.0 Å². The summed E-state index contributed by atoms with van der Waals surface area (Å²) >= 11 is 0. The lowest BCUT2D eigenvalue weighted by molar-refractivity contribution is -0.124. The van der Waals surface area contributed by atoms with Crippen LogP contribution in [0.1, 0.15) is 40.2 Å². The topological polar surface area (TPSA) is 70.7 Å². The lowest BCUT2D eigenvalue weighted by atomic mass is 9.79. The number of para-hydroxylation sites is 1. The van der Waals surface area contributed by atoms with Crippen molar-refractivity contribution in [3.05, 3.63) is 150 Å². The predicted molar refractivity (Wildman–Crippen MR) is 185 cm³/mol. The van der Waals surface area contributed by atoms with Crippen LogP contribution in [0.3, 0.4) is 0 Å². The Labute approximate surface area is 271 Å². The molecule has 6 nitrogen and oxygen atoms in total. The van der Waals surface area contributed by atoms with Gasteiger partial charge < -0.3 is 20.3 Å². The number of benzene rings is 5. The second kappa shape index (κ2) is 14.6. The van der Waals surface area contributed by atoms with Crippen LogP contribution in [0, 0.1) is 5.92 Å². The number of carbonyl (C=O) groups is 2. The number of hydrogen-bond donors (Lipinski definition) is 2. The van der Waals surface area contributed by atoms with Crippen molar-refractivity contribution in [2.24, 2.45) is 5.92 Å². The third-order valence-electron chi connectivity index (χ3n) is 8.82. The molecule has 1 saturated heterocycles. The minimum Gasteiger partial charge on any atom is -0.496 e. The van der Waals surface area contributed by atoms with E-state index in [0.717, 1.165) is 65.3 Å². The van der Waals surface area contributed by atoms with Crippen LogP contribution in [0.25, 0.3) is 11.1 Å². The van der Waals surface area contributed by atoms with Gasteiger partial charge in [0.2, 0.25) is 5.91 Å². The summed E-state index contributed by atoms with van der Waals surface area (Å²) in [6.07, 6.45) is 1.83. The molecule has 1 unspecified atom stereocenters. The van der Waals surface area contributed by atoms with Gasteiger partial charge in [0, 0.05) is 42.1 Å². The molecular formula is C40H39N3O3. The van der Waals surface area contributed by atoms with Crippen molar-refractivity contribution in [2.75, 3.05) is 30.4 Å². The highest BCUT2D eigenvalue weighted by atomic mass is 16.5. The molecule has 0 aliphatic carbocycles. The molecule has 2 N–H and O–H groups in total. The number of piperidine rings is 1. The van der Waals surface area contributed by atoms with Crippen molar-refractivity contribution in [1.82, 2.24) is 5.32 Å². The molecule has 0 aromatic heterocycles. The Balaban J connectivity index is 1.09. The van der Waals surface area contributed by atoms with Gasteiger partial charge in [0.25, 0.3) is 5.91 Å². The summed E-state index contributed by atoms with van der Waals surface area (Å²) in [4.78, 5) is 29.3. The van der Waals surface area contributed by atoms with Crippen LogP contribution in [-0.2, 0) is 11.3 Å². The number of hydrogen-bond acceptors (Lipinski definition) is 4. The maximum absolute atomic E-state index is 13.6. The maximum atomic E-state index is 13.6. The second-order valence-corrected chi connectivity index (χ2v) is 11.7. The van der Waals surface area contributed by atoms with Gasteiger partial charge in [-0.2, -0.15) is 0 Å². The van der Waals surface area contributed by atoms with Gasteiger partial charge >= 0.3 is 0 Å². The molecule has 5 aromatic carbocycles. The minimum absolute atomic E-state index is 0.0841. The molecule has 2 amide bonds. The number of nitrogens with one attached hydrogen (secondary N) is 2. The smallest absolute Gasteiger partial charge is 0.256 e. The summed E-state index contributed by atoms with van der Waals surface area (Å²) in [7, 11) is 1.64. The monoisotopic (exact) mass is 609 g/mol. The van der Waals surface area contributed by atoms with E-state index < -0.39 is 0 Å². The summed E-state index contributed by atoms with van der Waals surface area (Å²) < 4.78 is 5.55. The molecule has 232 valence electrons. The van der Waals surface area contributed by atoms with Gasteiger partial charge in [-0.25, -0.2) is 0 Å². The highest BCUT2D eigenvalue weighted by Gasteiger charge is 2.32. The molecule has 0 radical (unpaired) electrons. The van der Waals surface area contributed by atoms with E-state index in [4.69, 9.17) is 4.74 Å². The Morgan fingerprint density at radius 3 is 2.04 bits per heavy atom. The Morgan fingerprint density at radius 2 is 1.35 bits per heavy atom. The second-order valence-electron chi connectivity index (χ2n) is 11.7. The average molecular weight is 610 g/mol. The van der Waals surface area contributed by atoms with Gasteiger partial charge in [-0.15, -0.1) is 0 Å². The molecule has 1 aliphatic rings. The first-order valence-electron chi connectivity index (χ1n) is 15.9. The number of amides is 2. The third kappa shape index (κ3) is 7.13. The zero-order valence-corrected chi connectivity index (χ0v) is 26.1. The van der Waals surface area contributed by atoms with Crippen molar-refractivity contribution >= 4 is 23.2 Å². The normalized spacial score (nSPS) is 13.9. The Kier molecular flexibility index (Phi) is 9.74. The summed E-state index contributed by atoms with van der Waals surface area (Å²) in [6, 6.07) is 43.5. The molecule has 1 heterocycles. The van der Waals surface area contributed by atoms with Crippen molar-refractivity contribution in [2.45, 2.75) is 25.3 Å². The molecule has 1 aliphatic heterocycles. The van der Waals surface area contributed by atoms with Crippen molar-refractivity contribution < 1.29 is 14.3 Å². The molecular weight excluding hydrogens is 570 g/mol. The molecule has 46 heavy (non-hydrogen) atoms. The van der Waals surface area contributed by atoms with Gasteiger partial charge in [0.1, 0.15) is 5.75 Å². The zero-order chi connectivity index (χ0) is 31.7. The first-order valence-corrected chi connectivity index (χ1v) is 15.9. The highest BCUT2D eigenvalue weighted by Crippen LogP contribution is 2.35. The summed E-state index contributed by atoms with van der Waals surface area (Å²) in [5.74, 6) is 0.687. The minimum atomic E-state index is -0.191. The van der Waals surface area contributed by atoms with Gasteiger partial charge in [-0.1, -0.05) is 97.1 Å². The number of rotatable bonds is 10. The molecule has 5 aromatic rings. The van der Waals surface area contributed by atoms with Crippen LogP contribution in [-0.4, -0.2) is 32.0 Å². The number of ether oxygens (including phenoxy) is 1. The molecule has 6 rings (SSSR count). The lowest BCUT2D eigenvalue weighted by Crippen LogP contribution is -2.40. The van der Waals surface area contributed by atoms with Crippen LogP contribution < -0.4 is 20.3 Å². The summed E-state index contributed by atoms with van der Waals surface area (Å²) in [5.41, 5.74) is 6.28. The van der Waals surface area contributed by atoms with E-state index in [0.29, 0.717) is 12.1 Å². The molecule has 0 bridgehead atoms. The number of methoxy groups -OCH3 is 1. The SMILES string of the molecule is COc1ccccc1-c1ccccc1C(=O)Nc1ccc(N2CCC(C(C(=O)NCc3ccccc3)c3ccccc3)CC2)cc1. The van der Waals surface area contributed by atoms with E-state index >= 15 is 0 Å². The molecule has 0 spiro atoms. The fourth-order valence-corrected chi connectivity index (χ4v) is 6.42. The molecule has 6 heteroatoms. The fraction of sp³-hybridized carbons (Fsp3) is 0.200. The third-order valence-corrected chi connectivity index (χ3v) is 8.82. The Morgan fingerprint density at radius 1 is 0.739 bits per heavy atom. The van der Waals surface area contributed by atoms with E-state index in [1.54, 1.807) is 7.11 Å². The first-order chi connectivity index (χ1) is 22.6.